The zero-order chi connectivity index (χ0) is 37.6. The smallest absolute Gasteiger partial charge is 0.426 e. The standard InChI is InChI=1S/C34H42F3N5O8S/c1-31(2,3)49-29(43)42(30(44)50-32(4,5)6)23-20-24(51(46,47)22-16-10-7-11-17-22)26-38-25(23)27-39-40-28(48-27)33(45,34(35,36)37)18-12-8-9-14-21-15-13-19-41(21)26/h7,10-11,16-17,20-21,45H,8-9,12-15,18-19H2,1-6H3/t21-,33?/m1/s1. The minimum Gasteiger partial charge on any atom is -0.443 e. The van der Waals surface area contributed by atoms with Gasteiger partial charge in [0.05, 0.1) is 10.6 Å². The number of carbonyl (C=O) groups excluding carboxylic acids is 2. The third kappa shape index (κ3) is 7.98. The van der Waals surface area contributed by atoms with E-state index in [0.29, 0.717) is 43.5 Å². The van der Waals surface area contributed by atoms with Crippen LogP contribution in [-0.4, -0.2) is 70.9 Å². The Morgan fingerprint density at radius 3 is 2.14 bits per heavy atom. The van der Waals surface area contributed by atoms with Gasteiger partial charge in [-0.2, -0.15) is 18.1 Å². The first-order valence-electron chi connectivity index (χ1n) is 16.6. The summed E-state index contributed by atoms with van der Waals surface area (Å²) in [7, 11) is -4.44. The van der Waals surface area contributed by atoms with Crippen molar-refractivity contribution in [3.8, 4) is 11.6 Å². The number of anilines is 2. The van der Waals surface area contributed by atoms with Gasteiger partial charge in [-0.1, -0.05) is 31.0 Å². The normalized spacial score (nSPS) is 20.3. The van der Waals surface area contributed by atoms with Crippen molar-refractivity contribution in [3.05, 3.63) is 42.3 Å². The van der Waals surface area contributed by atoms with E-state index in [1.165, 1.54) is 65.8 Å². The molecule has 2 amide bonds. The summed E-state index contributed by atoms with van der Waals surface area (Å²) in [5, 5.41) is 18.4. The van der Waals surface area contributed by atoms with Crippen LogP contribution < -0.4 is 9.80 Å². The maximum atomic E-state index is 14.5. The molecule has 13 nitrogen and oxygen atoms in total. The molecule has 0 saturated carbocycles. The fourth-order valence-corrected chi connectivity index (χ4v) is 7.47. The Morgan fingerprint density at radius 2 is 1.55 bits per heavy atom. The van der Waals surface area contributed by atoms with E-state index < -0.39 is 79.5 Å². The molecule has 1 fully saturated rings. The van der Waals surface area contributed by atoms with Crippen molar-refractivity contribution in [2.75, 3.05) is 16.3 Å². The van der Waals surface area contributed by atoms with Gasteiger partial charge in [-0.25, -0.2) is 23.0 Å². The van der Waals surface area contributed by atoms with Gasteiger partial charge >= 0.3 is 18.4 Å². The van der Waals surface area contributed by atoms with E-state index in [9.17, 15) is 36.3 Å². The summed E-state index contributed by atoms with van der Waals surface area (Å²) in [4.78, 5) is 34.1. The number of sulfone groups is 1. The van der Waals surface area contributed by atoms with Crippen LogP contribution in [0.1, 0.15) is 92.4 Å². The van der Waals surface area contributed by atoms with Crippen LogP contribution >= 0.6 is 0 Å². The molecule has 3 aromatic rings. The van der Waals surface area contributed by atoms with Gasteiger partial charge in [0.25, 0.3) is 11.8 Å². The van der Waals surface area contributed by atoms with Crippen LogP contribution in [0.5, 0.6) is 0 Å². The topological polar surface area (TPSA) is 165 Å². The molecule has 1 saturated heterocycles. The number of halogens is 3. The van der Waals surface area contributed by atoms with Crippen LogP contribution in [0.15, 0.2) is 50.6 Å². The lowest BCUT2D eigenvalue weighted by molar-refractivity contribution is -0.277. The van der Waals surface area contributed by atoms with Crippen molar-refractivity contribution in [3.63, 3.8) is 0 Å². The Hall–Kier alpha value is -4.25. The lowest BCUT2D eigenvalue weighted by atomic mass is 9.94. The minimum atomic E-state index is -5.22. The Kier molecular flexibility index (Phi) is 10.2. The number of fused-ring (bicyclic) bond motifs is 7. The molecule has 51 heavy (non-hydrogen) atoms. The molecule has 2 aliphatic heterocycles. The summed E-state index contributed by atoms with van der Waals surface area (Å²) in [6.07, 6.45) is -6.04. The van der Waals surface area contributed by atoms with Crippen molar-refractivity contribution in [2.24, 2.45) is 0 Å². The first-order chi connectivity index (χ1) is 23.6. The van der Waals surface area contributed by atoms with Crippen LogP contribution in [0.4, 0.5) is 34.3 Å². The highest BCUT2D eigenvalue weighted by Gasteiger charge is 2.58. The van der Waals surface area contributed by atoms with Gasteiger partial charge in [-0.3, -0.25) is 0 Å². The van der Waals surface area contributed by atoms with Gasteiger partial charge in [0.1, 0.15) is 21.9 Å². The molecule has 1 unspecified atom stereocenters. The van der Waals surface area contributed by atoms with E-state index in [2.05, 4.69) is 15.2 Å². The van der Waals surface area contributed by atoms with Gasteiger partial charge in [0.15, 0.2) is 5.69 Å². The SMILES string of the molecule is CC(C)(C)OC(=O)N(C(=O)OC(C)(C)C)c1cc(S(=O)(=O)c2ccccc2)c2nc1-c1nnc(o1)C(O)(C(F)(F)F)CCCCC[C@@H]1CCCN21. The highest BCUT2D eigenvalue weighted by Crippen LogP contribution is 2.46. The van der Waals surface area contributed by atoms with Crippen LogP contribution in [0.2, 0.25) is 0 Å². The Morgan fingerprint density at radius 1 is 0.941 bits per heavy atom. The molecule has 1 aromatic carbocycles. The number of ether oxygens (including phenoxy) is 2. The number of hydrogen-bond donors (Lipinski definition) is 1. The number of hydrogen-bond acceptors (Lipinski definition) is 12. The number of carbonyl (C=O) groups is 2. The summed E-state index contributed by atoms with van der Waals surface area (Å²) < 4.78 is 88.9. The molecule has 2 aromatic heterocycles. The average Bonchev–Trinajstić information content (AvgIpc) is 3.69. The quantitative estimate of drug-likeness (QED) is 0.285. The second-order valence-corrected chi connectivity index (χ2v) is 16.6. The van der Waals surface area contributed by atoms with Crippen LogP contribution in [-0.2, 0) is 24.9 Å². The third-order valence-electron chi connectivity index (χ3n) is 8.36. The summed E-state index contributed by atoms with van der Waals surface area (Å²) in [5.74, 6) is -1.99. The molecule has 4 bridgehead atoms. The second kappa shape index (κ2) is 13.7. The number of alkyl halides is 3. The second-order valence-electron chi connectivity index (χ2n) is 14.6. The molecule has 5 rings (SSSR count). The van der Waals surface area contributed by atoms with E-state index >= 15 is 0 Å². The fourth-order valence-electron chi connectivity index (χ4n) is 6.03. The zero-order valence-corrected chi connectivity index (χ0v) is 30.1. The molecule has 0 radical (unpaired) electrons. The van der Waals surface area contributed by atoms with E-state index in [-0.39, 0.29) is 23.2 Å². The predicted octanol–water partition coefficient (Wildman–Crippen LogP) is 7.32. The number of imide groups is 1. The van der Waals surface area contributed by atoms with Crippen LogP contribution in [0, 0.1) is 0 Å². The molecule has 17 heteroatoms. The molecular weight excluding hydrogens is 695 g/mol. The average molecular weight is 738 g/mol. The minimum absolute atomic E-state index is 0.0338. The number of nitrogens with zero attached hydrogens (tertiary/aromatic N) is 5. The third-order valence-corrected chi connectivity index (χ3v) is 10.1. The summed E-state index contributed by atoms with van der Waals surface area (Å²) in [5.41, 5.74) is -6.98. The number of aliphatic hydroxyl groups is 1. The Labute approximate surface area is 294 Å². The molecule has 4 heterocycles. The molecule has 1 N–H and O–H groups in total. The summed E-state index contributed by atoms with van der Waals surface area (Å²) in [6, 6.07) is 8.22. The highest BCUT2D eigenvalue weighted by molar-refractivity contribution is 7.91. The van der Waals surface area contributed by atoms with Crippen molar-refractivity contribution in [1.29, 1.82) is 0 Å². The Bertz CT molecular complexity index is 1840. The first-order valence-corrected chi connectivity index (χ1v) is 18.1. The highest BCUT2D eigenvalue weighted by atomic mass is 32.2. The monoisotopic (exact) mass is 737 g/mol. The lowest BCUT2D eigenvalue weighted by Crippen LogP contribution is -2.44. The van der Waals surface area contributed by atoms with Crippen molar-refractivity contribution >= 4 is 33.5 Å². The van der Waals surface area contributed by atoms with E-state index in [4.69, 9.17) is 13.9 Å². The lowest BCUT2D eigenvalue weighted by Gasteiger charge is -2.31. The Balaban J connectivity index is 1.89. The van der Waals surface area contributed by atoms with Crippen LogP contribution in [0.25, 0.3) is 11.6 Å². The number of amides is 2. The number of aromatic nitrogens is 3. The van der Waals surface area contributed by atoms with E-state index in [0.717, 1.165) is 6.07 Å². The fraction of sp³-hybridized carbons (Fsp3) is 0.559. The van der Waals surface area contributed by atoms with E-state index in [1.807, 2.05) is 4.90 Å². The van der Waals surface area contributed by atoms with Crippen molar-refractivity contribution < 1.29 is 50.2 Å². The molecule has 2 aliphatic rings. The zero-order valence-electron chi connectivity index (χ0n) is 29.3. The molecule has 278 valence electrons. The molecule has 2 atom stereocenters. The summed E-state index contributed by atoms with van der Waals surface area (Å²) >= 11 is 0. The van der Waals surface area contributed by atoms with Gasteiger partial charge in [-0.05, 0) is 91.8 Å². The molecule has 0 spiro atoms. The van der Waals surface area contributed by atoms with Crippen molar-refractivity contribution in [1.82, 2.24) is 15.2 Å². The maximum Gasteiger partial charge on any atom is 0.426 e. The summed E-state index contributed by atoms with van der Waals surface area (Å²) in [6.45, 7) is 9.59. The van der Waals surface area contributed by atoms with Gasteiger partial charge in [0.2, 0.25) is 15.4 Å². The molecule has 0 aliphatic carbocycles. The molecular formula is C34H42F3N5O8S. The van der Waals surface area contributed by atoms with Gasteiger partial charge < -0.3 is 23.9 Å². The number of pyridine rings is 1. The van der Waals surface area contributed by atoms with Crippen LogP contribution in [0.3, 0.4) is 0 Å². The number of benzene rings is 1. The van der Waals surface area contributed by atoms with E-state index in [1.54, 1.807) is 6.07 Å². The van der Waals surface area contributed by atoms with Gasteiger partial charge in [-0.15, -0.1) is 10.2 Å². The first kappa shape index (κ1) is 38.0. The van der Waals surface area contributed by atoms with Gasteiger partial charge in [0, 0.05) is 12.6 Å². The van der Waals surface area contributed by atoms with Crippen molar-refractivity contribution in [2.45, 2.75) is 125 Å². The maximum absolute atomic E-state index is 14.5. The number of rotatable bonds is 3. The largest absolute Gasteiger partial charge is 0.443 e. The predicted molar refractivity (Wildman–Crippen MR) is 178 cm³/mol.